The van der Waals surface area contributed by atoms with E-state index < -0.39 is 27.2 Å². The molecule has 0 aromatic rings. The molecular weight excluding hydrogens is 229 g/mol. The van der Waals surface area contributed by atoms with E-state index >= 15 is 0 Å². The SMILES string of the molecule is [Li+].[N-]=[N+]=NS(=O)(=O)C1CCC(C(=O)[O-])CC1. The molecule has 0 bridgehead atoms. The molecular formula is C7H10LiN3O4S. The first-order valence-corrected chi connectivity index (χ1v) is 5.98. The summed E-state index contributed by atoms with van der Waals surface area (Å²) in [4.78, 5) is 12.7. The van der Waals surface area contributed by atoms with Crippen molar-refractivity contribution in [3.63, 3.8) is 0 Å². The molecule has 0 N–H and O–H groups in total. The van der Waals surface area contributed by atoms with Crippen molar-refractivity contribution in [2.45, 2.75) is 30.9 Å². The number of azide groups is 1. The third-order valence-corrected chi connectivity index (χ3v) is 4.19. The molecule has 1 fully saturated rings. The Bertz CT molecular complexity index is 396. The normalized spacial score (nSPS) is 25.0. The van der Waals surface area contributed by atoms with Crippen molar-refractivity contribution in [1.29, 1.82) is 0 Å². The second-order valence-electron chi connectivity index (χ2n) is 3.48. The Kier molecular flexibility index (Phi) is 5.90. The van der Waals surface area contributed by atoms with Gasteiger partial charge in [0.1, 0.15) is 0 Å². The van der Waals surface area contributed by atoms with E-state index in [9.17, 15) is 18.3 Å². The van der Waals surface area contributed by atoms with Gasteiger partial charge in [-0.15, -0.1) is 0 Å². The molecule has 0 aliphatic heterocycles. The van der Waals surface area contributed by atoms with E-state index in [0.29, 0.717) is 0 Å². The summed E-state index contributed by atoms with van der Waals surface area (Å²) >= 11 is 0. The first-order valence-electron chi connectivity index (χ1n) is 4.48. The van der Waals surface area contributed by atoms with E-state index in [-0.39, 0.29) is 44.5 Å². The van der Waals surface area contributed by atoms with Gasteiger partial charge >= 0.3 is 18.9 Å². The summed E-state index contributed by atoms with van der Waals surface area (Å²) in [5, 5.41) is 9.75. The standard InChI is InChI=1S/C7H11N3O4S.Li/c8-9-10-15(13,14)6-3-1-5(2-4-6)7(11)12;/h5-6H,1-4H2,(H,11,12);/q;+1/p-1. The van der Waals surface area contributed by atoms with Crippen LogP contribution in [0.4, 0.5) is 0 Å². The third-order valence-electron chi connectivity index (χ3n) is 2.58. The number of carboxylic acids is 1. The number of aliphatic carboxylic acids is 1. The minimum Gasteiger partial charge on any atom is -0.550 e. The molecule has 0 aromatic heterocycles. The smallest absolute Gasteiger partial charge is 0.550 e. The van der Waals surface area contributed by atoms with Crippen LogP contribution in [-0.2, 0) is 14.8 Å². The van der Waals surface area contributed by atoms with Crippen molar-refractivity contribution < 1.29 is 37.2 Å². The number of nitrogens with zero attached hydrogens (tertiary/aromatic N) is 3. The average molecular weight is 239 g/mol. The van der Waals surface area contributed by atoms with Crippen molar-refractivity contribution >= 4 is 16.0 Å². The van der Waals surface area contributed by atoms with E-state index in [2.05, 4.69) is 9.43 Å². The number of carboxylic acid groups (broad SMARTS) is 1. The summed E-state index contributed by atoms with van der Waals surface area (Å²) in [6.07, 6.45) is 0.931. The second kappa shape index (κ2) is 6.16. The van der Waals surface area contributed by atoms with E-state index in [1.165, 1.54) is 0 Å². The molecule has 84 valence electrons. The largest absolute Gasteiger partial charge is 1.00 e. The van der Waals surface area contributed by atoms with Crippen molar-refractivity contribution in [3.05, 3.63) is 10.4 Å². The molecule has 1 aliphatic carbocycles. The van der Waals surface area contributed by atoms with Crippen LogP contribution in [0.3, 0.4) is 0 Å². The topological polar surface area (TPSA) is 123 Å². The molecule has 16 heavy (non-hydrogen) atoms. The van der Waals surface area contributed by atoms with E-state index in [4.69, 9.17) is 5.53 Å². The number of carbonyl (C=O) groups is 1. The molecule has 0 saturated heterocycles. The van der Waals surface area contributed by atoms with Gasteiger partial charge < -0.3 is 9.90 Å². The quantitative estimate of drug-likeness (QED) is 0.224. The molecule has 9 heteroatoms. The Morgan fingerprint density at radius 3 is 2.19 bits per heavy atom. The average Bonchev–Trinajstić information content (AvgIpc) is 2.18. The van der Waals surface area contributed by atoms with Gasteiger partial charge in [-0.2, -0.15) is 0 Å². The second-order valence-corrected chi connectivity index (χ2v) is 5.34. The van der Waals surface area contributed by atoms with Crippen molar-refractivity contribution in [3.8, 4) is 0 Å². The van der Waals surface area contributed by atoms with Crippen LogP contribution in [0.25, 0.3) is 10.4 Å². The van der Waals surface area contributed by atoms with Gasteiger partial charge in [-0.25, -0.2) is 8.42 Å². The maximum atomic E-state index is 11.3. The van der Waals surface area contributed by atoms with Gasteiger partial charge in [0, 0.05) is 15.4 Å². The molecule has 1 rings (SSSR count). The maximum absolute atomic E-state index is 11.3. The van der Waals surface area contributed by atoms with Gasteiger partial charge in [0.15, 0.2) is 0 Å². The Hall–Kier alpha value is -0.673. The summed E-state index contributed by atoms with van der Waals surface area (Å²) in [5.41, 5.74) is 8.05. The number of hydrogen-bond acceptors (Lipinski definition) is 4. The van der Waals surface area contributed by atoms with Crippen molar-refractivity contribution in [2.75, 3.05) is 0 Å². The van der Waals surface area contributed by atoms with Gasteiger partial charge in [-0.05, 0) is 37.1 Å². The van der Waals surface area contributed by atoms with Crippen molar-refractivity contribution in [1.82, 2.24) is 0 Å². The van der Waals surface area contributed by atoms with Crippen LogP contribution in [0.15, 0.2) is 4.52 Å². The zero-order valence-electron chi connectivity index (χ0n) is 8.87. The van der Waals surface area contributed by atoms with Crippen LogP contribution in [-0.4, -0.2) is 19.6 Å². The molecule has 7 nitrogen and oxygen atoms in total. The fourth-order valence-corrected chi connectivity index (χ4v) is 2.82. The molecule has 0 aromatic carbocycles. The molecule has 0 spiro atoms. The summed E-state index contributed by atoms with van der Waals surface area (Å²) in [6, 6.07) is 0. The first-order chi connectivity index (χ1) is 6.97. The summed E-state index contributed by atoms with van der Waals surface area (Å²) < 4.78 is 25.3. The maximum Gasteiger partial charge on any atom is 1.00 e. The predicted molar refractivity (Wildman–Crippen MR) is 48.8 cm³/mol. The summed E-state index contributed by atoms with van der Waals surface area (Å²) in [5.74, 6) is -1.72. The Morgan fingerprint density at radius 1 is 1.31 bits per heavy atom. The van der Waals surface area contributed by atoms with Crippen LogP contribution in [0.5, 0.6) is 0 Å². The fourth-order valence-electron chi connectivity index (χ4n) is 1.71. The first kappa shape index (κ1) is 15.3. The fraction of sp³-hybridized carbons (Fsp3) is 0.857. The number of sulfonamides is 1. The minimum atomic E-state index is -3.79. The number of hydrogen-bond donors (Lipinski definition) is 0. The molecule has 1 saturated carbocycles. The summed E-state index contributed by atoms with van der Waals surface area (Å²) in [7, 11) is -3.79. The Morgan fingerprint density at radius 2 is 1.81 bits per heavy atom. The van der Waals surface area contributed by atoms with Crippen LogP contribution >= 0.6 is 0 Å². The zero-order valence-corrected chi connectivity index (χ0v) is 9.68. The molecule has 0 radical (unpaired) electrons. The Labute approximate surface area is 105 Å². The van der Waals surface area contributed by atoms with Gasteiger partial charge in [0.2, 0.25) is 10.0 Å². The van der Waals surface area contributed by atoms with E-state index in [1.807, 2.05) is 0 Å². The summed E-state index contributed by atoms with van der Waals surface area (Å²) in [6.45, 7) is 0. The molecule has 0 amide bonds. The monoisotopic (exact) mass is 239 g/mol. The number of rotatable bonds is 3. The van der Waals surface area contributed by atoms with Crippen molar-refractivity contribution in [2.24, 2.45) is 10.4 Å². The Balaban J connectivity index is 0.00000225. The third kappa shape index (κ3) is 3.72. The van der Waals surface area contributed by atoms with E-state index in [1.54, 1.807) is 0 Å². The predicted octanol–water partition coefficient (Wildman–Crippen LogP) is -3.06. The van der Waals surface area contributed by atoms with Gasteiger partial charge in [0.25, 0.3) is 0 Å². The molecule has 0 atom stereocenters. The van der Waals surface area contributed by atoms with Crippen LogP contribution in [0, 0.1) is 5.92 Å². The zero-order chi connectivity index (χ0) is 11.5. The molecule has 0 heterocycles. The van der Waals surface area contributed by atoms with Gasteiger partial charge in [0.05, 0.1) is 5.25 Å². The van der Waals surface area contributed by atoms with Crippen LogP contribution < -0.4 is 24.0 Å². The van der Waals surface area contributed by atoms with Crippen LogP contribution in [0.2, 0.25) is 0 Å². The van der Waals surface area contributed by atoms with Gasteiger partial charge in [-0.1, -0.05) is 0 Å². The van der Waals surface area contributed by atoms with E-state index in [0.717, 1.165) is 0 Å². The molecule has 1 aliphatic rings. The number of carbonyl (C=O) groups excluding carboxylic acids is 1. The van der Waals surface area contributed by atoms with Crippen LogP contribution in [0.1, 0.15) is 25.7 Å². The minimum absolute atomic E-state index is 0. The molecule has 0 unspecified atom stereocenters. The van der Waals surface area contributed by atoms with Gasteiger partial charge in [-0.3, -0.25) is 0 Å².